The van der Waals surface area contributed by atoms with Gasteiger partial charge in [0.1, 0.15) is 11.0 Å². The van der Waals surface area contributed by atoms with E-state index >= 15 is 0 Å². The van der Waals surface area contributed by atoms with Gasteiger partial charge in [0.25, 0.3) is 0 Å². The van der Waals surface area contributed by atoms with Crippen LogP contribution in [0.3, 0.4) is 0 Å². The maximum atomic E-state index is 5.84. The topological polar surface area (TPSA) is 37.8 Å². The monoisotopic (exact) mass is 227 g/mol. The predicted molar refractivity (Wildman–Crippen MR) is 63.3 cm³/mol. The SMILES string of the molecule is CCCCNCCc1cc(Cl)nc(C)n1. The van der Waals surface area contributed by atoms with Crippen LogP contribution in [0.1, 0.15) is 31.3 Å². The molecule has 1 aromatic rings. The normalized spacial score (nSPS) is 10.6. The van der Waals surface area contributed by atoms with Gasteiger partial charge in [0.05, 0.1) is 0 Å². The lowest BCUT2D eigenvalue weighted by atomic mass is 10.3. The van der Waals surface area contributed by atoms with Crippen LogP contribution < -0.4 is 5.32 Å². The third kappa shape index (κ3) is 5.09. The molecule has 0 unspecified atom stereocenters. The van der Waals surface area contributed by atoms with Gasteiger partial charge in [0.2, 0.25) is 0 Å². The van der Waals surface area contributed by atoms with Crippen molar-refractivity contribution in [1.82, 2.24) is 15.3 Å². The Morgan fingerprint density at radius 1 is 1.33 bits per heavy atom. The fourth-order valence-corrected chi connectivity index (χ4v) is 1.61. The molecule has 0 atom stereocenters. The third-order valence-corrected chi connectivity index (χ3v) is 2.32. The molecule has 0 aliphatic heterocycles. The van der Waals surface area contributed by atoms with Crippen molar-refractivity contribution in [3.63, 3.8) is 0 Å². The van der Waals surface area contributed by atoms with Gasteiger partial charge in [-0.15, -0.1) is 0 Å². The largest absolute Gasteiger partial charge is 0.316 e. The average molecular weight is 228 g/mol. The third-order valence-electron chi connectivity index (χ3n) is 2.12. The van der Waals surface area contributed by atoms with Gasteiger partial charge in [-0.05, 0) is 26.0 Å². The predicted octanol–water partition coefficient (Wildman–Crippen LogP) is 2.37. The Balaban J connectivity index is 2.31. The summed E-state index contributed by atoms with van der Waals surface area (Å²) in [6.45, 7) is 6.08. The van der Waals surface area contributed by atoms with Crippen molar-refractivity contribution in [3.8, 4) is 0 Å². The molecular formula is C11H18ClN3. The van der Waals surface area contributed by atoms with Crippen LogP contribution >= 0.6 is 11.6 Å². The lowest BCUT2D eigenvalue weighted by molar-refractivity contribution is 0.635. The Labute approximate surface area is 96.3 Å². The van der Waals surface area contributed by atoms with Gasteiger partial charge in [-0.2, -0.15) is 0 Å². The van der Waals surface area contributed by atoms with Gasteiger partial charge >= 0.3 is 0 Å². The molecule has 1 N–H and O–H groups in total. The molecule has 0 amide bonds. The summed E-state index contributed by atoms with van der Waals surface area (Å²) in [7, 11) is 0. The number of hydrogen-bond acceptors (Lipinski definition) is 3. The smallest absolute Gasteiger partial charge is 0.133 e. The number of hydrogen-bond donors (Lipinski definition) is 1. The van der Waals surface area contributed by atoms with Gasteiger partial charge in [-0.1, -0.05) is 24.9 Å². The highest BCUT2D eigenvalue weighted by Gasteiger charge is 1.99. The first kappa shape index (κ1) is 12.4. The molecule has 1 heterocycles. The Hall–Kier alpha value is -0.670. The lowest BCUT2D eigenvalue weighted by Gasteiger charge is -2.04. The molecule has 1 aromatic heterocycles. The minimum absolute atomic E-state index is 0.533. The maximum absolute atomic E-state index is 5.84. The van der Waals surface area contributed by atoms with E-state index < -0.39 is 0 Å². The van der Waals surface area contributed by atoms with E-state index in [9.17, 15) is 0 Å². The van der Waals surface area contributed by atoms with Crippen LogP contribution in [0.4, 0.5) is 0 Å². The van der Waals surface area contributed by atoms with Crippen molar-refractivity contribution in [2.45, 2.75) is 33.1 Å². The summed E-state index contributed by atoms with van der Waals surface area (Å²) in [5.74, 6) is 0.742. The molecule has 0 aliphatic rings. The number of aryl methyl sites for hydroxylation is 1. The zero-order valence-corrected chi connectivity index (χ0v) is 10.1. The molecule has 0 bridgehead atoms. The van der Waals surface area contributed by atoms with Crippen LogP contribution in [0.15, 0.2) is 6.07 Å². The molecule has 0 saturated carbocycles. The quantitative estimate of drug-likeness (QED) is 0.599. The summed E-state index contributed by atoms with van der Waals surface area (Å²) < 4.78 is 0. The average Bonchev–Trinajstić information content (AvgIpc) is 2.16. The van der Waals surface area contributed by atoms with E-state index in [1.54, 1.807) is 0 Å². The second-order valence-electron chi connectivity index (χ2n) is 3.58. The van der Waals surface area contributed by atoms with E-state index in [1.165, 1.54) is 12.8 Å². The molecule has 0 aromatic carbocycles. The molecule has 0 aliphatic carbocycles. The van der Waals surface area contributed by atoms with Crippen molar-refractivity contribution in [2.24, 2.45) is 0 Å². The van der Waals surface area contributed by atoms with Gasteiger partial charge < -0.3 is 5.32 Å². The molecule has 0 spiro atoms. The van der Waals surface area contributed by atoms with Gasteiger partial charge in [0, 0.05) is 18.7 Å². The van der Waals surface area contributed by atoms with E-state index in [-0.39, 0.29) is 0 Å². The Bertz CT molecular complexity index is 282. The highest BCUT2D eigenvalue weighted by Crippen LogP contribution is 2.06. The highest BCUT2D eigenvalue weighted by atomic mass is 35.5. The summed E-state index contributed by atoms with van der Waals surface area (Å²) in [4.78, 5) is 8.34. The van der Waals surface area contributed by atoms with E-state index in [0.29, 0.717) is 5.15 Å². The summed E-state index contributed by atoms with van der Waals surface area (Å²) in [5, 5.41) is 3.90. The fourth-order valence-electron chi connectivity index (χ4n) is 1.36. The molecule has 15 heavy (non-hydrogen) atoms. The van der Waals surface area contributed by atoms with E-state index in [4.69, 9.17) is 11.6 Å². The number of nitrogens with zero attached hydrogens (tertiary/aromatic N) is 2. The first-order valence-electron chi connectivity index (χ1n) is 5.43. The Morgan fingerprint density at radius 2 is 2.13 bits per heavy atom. The van der Waals surface area contributed by atoms with Crippen molar-refractivity contribution in [1.29, 1.82) is 0 Å². The maximum Gasteiger partial charge on any atom is 0.133 e. The van der Waals surface area contributed by atoms with Gasteiger partial charge in [-0.25, -0.2) is 9.97 Å². The van der Waals surface area contributed by atoms with E-state index in [2.05, 4.69) is 22.2 Å². The number of rotatable bonds is 6. The molecule has 0 fully saturated rings. The lowest BCUT2D eigenvalue weighted by Crippen LogP contribution is -2.18. The van der Waals surface area contributed by atoms with Crippen molar-refractivity contribution in [2.75, 3.05) is 13.1 Å². The van der Waals surface area contributed by atoms with E-state index in [0.717, 1.165) is 31.0 Å². The molecule has 0 radical (unpaired) electrons. The Morgan fingerprint density at radius 3 is 2.80 bits per heavy atom. The molecule has 84 valence electrons. The van der Waals surface area contributed by atoms with Crippen LogP contribution in [0.5, 0.6) is 0 Å². The highest BCUT2D eigenvalue weighted by molar-refractivity contribution is 6.29. The summed E-state index contributed by atoms with van der Waals surface area (Å²) in [5.41, 5.74) is 1.01. The Kier molecular flexibility index (Phi) is 5.58. The first-order valence-corrected chi connectivity index (χ1v) is 5.81. The second-order valence-corrected chi connectivity index (χ2v) is 3.97. The van der Waals surface area contributed by atoms with Crippen LogP contribution in [0, 0.1) is 6.92 Å². The fraction of sp³-hybridized carbons (Fsp3) is 0.636. The van der Waals surface area contributed by atoms with Crippen molar-refractivity contribution >= 4 is 11.6 Å². The summed E-state index contributed by atoms with van der Waals surface area (Å²) in [6, 6.07) is 1.83. The van der Waals surface area contributed by atoms with E-state index in [1.807, 2.05) is 13.0 Å². The number of unbranched alkanes of at least 4 members (excludes halogenated alkanes) is 1. The van der Waals surface area contributed by atoms with Crippen LogP contribution in [-0.2, 0) is 6.42 Å². The molecule has 0 saturated heterocycles. The van der Waals surface area contributed by atoms with Crippen LogP contribution in [-0.4, -0.2) is 23.1 Å². The second kappa shape index (κ2) is 6.75. The molecular weight excluding hydrogens is 210 g/mol. The number of halogens is 1. The standard InChI is InChI=1S/C11H18ClN3/c1-3-4-6-13-7-5-10-8-11(12)15-9(2)14-10/h8,13H,3-7H2,1-2H3. The molecule has 4 heteroatoms. The van der Waals surface area contributed by atoms with Gasteiger partial charge in [0.15, 0.2) is 0 Å². The van der Waals surface area contributed by atoms with Crippen LogP contribution in [0.25, 0.3) is 0 Å². The summed E-state index contributed by atoms with van der Waals surface area (Å²) in [6.07, 6.45) is 3.36. The number of nitrogens with one attached hydrogen (secondary N) is 1. The van der Waals surface area contributed by atoms with Crippen molar-refractivity contribution in [3.05, 3.63) is 22.7 Å². The first-order chi connectivity index (χ1) is 7.22. The molecule has 1 rings (SSSR count). The zero-order valence-electron chi connectivity index (χ0n) is 9.39. The number of aromatic nitrogens is 2. The van der Waals surface area contributed by atoms with Gasteiger partial charge in [-0.3, -0.25) is 0 Å². The zero-order chi connectivity index (χ0) is 11.1. The molecule has 3 nitrogen and oxygen atoms in total. The van der Waals surface area contributed by atoms with Crippen molar-refractivity contribution < 1.29 is 0 Å². The summed E-state index contributed by atoms with van der Waals surface area (Å²) >= 11 is 5.84. The minimum atomic E-state index is 0.533. The van der Waals surface area contributed by atoms with Crippen LogP contribution in [0.2, 0.25) is 5.15 Å². The minimum Gasteiger partial charge on any atom is -0.316 e.